The summed E-state index contributed by atoms with van der Waals surface area (Å²) in [6.07, 6.45) is 0. The number of methoxy groups -OCH3 is 1. The van der Waals surface area contributed by atoms with Crippen LogP contribution in [-0.4, -0.2) is 12.9 Å². The normalized spacial score (nSPS) is 9.00. The molecule has 66 valence electrons. The first-order chi connectivity index (χ1) is 6.19. The van der Waals surface area contributed by atoms with E-state index >= 15 is 0 Å². The molecule has 0 saturated carbocycles. The molecule has 0 aliphatic rings. The molecule has 0 spiro atoms. The minimum atomic E-state index is -0.809. The van der Waals surface area contributed by atoms with Crippen molar-refractivity contribution in [3.63, 3.8) is 0 Å². The number of hydrogen-bond donors (Lipinski definition) is 0. The summed E-state index contributed by atoms with van der Waals surface area (Å²) in [4.78, 5) is 10.9. The molecular weight excluding hydrogens is 173 g/mol. The van der Waals surface area contributed by atoms with Gasteiger partial charge in [-0.3, -0.25) is 4.79 Å². The molecule has 0 radical (unpaired) electrons. The van der Waals surface area contributed by atoms with Crippen LogP contribution in [-0.2, 0) is 0 Å². The van der Waals surface area contributed by atoms with Gasteiger partial charge < -0.3 is 4.74 Å². The monoisotopic (exact) mass is 179 g/mol. The van der Waals surface area contributed by atoms with Gasteiger partial charge in [0.05, 0.1) is 12.7 Å². The maximum absolute atomic E-state index is 12.7. The average molecular weight is 179 g/mol. The van der Waals surface area contributed by atoms with Gasteiger partial charge in [0.25, 0.3) is 5.78 Å². The number of carbonyl (C=O) groups excluding carboxylic acids is 1. The highest BCUT2D eigenvalue weighted by Crippen LogP contribution is 2.19. The molecule has 0 amide bonds. The number of ether oxygens (including phenoxy) is 1. The lowest BCUT2D eigenvalue weighted by atomic mass is 10.1. The van der Waals surface area contributed by atoms with Gasteiger partial charge in [-0.1, -0.05) is 0 Å². The van der Waals surface area contributed by atoms with Gasteiger partial charge in [-0.25, -0.2) is 4.39 Å². The molecule has 0 fully saturated rings. The van der Waals surface area contributed by atoms with Crippen molar-refractivity contribution in [3.8, 4) is 11.8 Å². The van der Waals surface area contributed by atoms with Crippen molar-refractivity contribution in [1.29, 1.82) is 5.26 Å². The van der Waals surface area contributed by atoms with E-state index in [2.05, 4.69) is 0 Å². The summed E-state index contributed by atoms with van der Waals surface area (Å²) < 4.78 is 17.4. The minimum absolute atomic E-state index is 0.0509. The Kier molecular flexibility index (Phi) is 2.60. The smallest absolute Gasteiger partial charge is 0.266 e. The van der Waals surface area contributed by atoms with Crippen LogP contribution in [0.25, 0.3) is 0 Å². The van der Waals surface area contributed by atoms with Gasteiger partial charge in [-0.05, 0) is 18.2 Å². The Hall–Kier alpha value is -1.89. The molecule has 0 bridgehead atoms. The number of nitrogens with zero attached hydrogens (tertiary/aromatic N) is 1. The average Bonchev–Trinajstić information content (AvgIpc) is 2.16. The second-order valence-corrected chi connectivity index (χ2v) is 2.29. The molecule has 1 aromatic carbocycles. The van der Waals surface area contributed by atoms with E-state index in [0.29, 0.717) is 0 Å². The first-order valence-corrected chi connectivity index (χ1v) is 3.47. The maximum atomic E-state index is 12.7. The lowest BCUT2D eigenvalue weighted by molar-refractivity contribution is 0.105. The number of Topliss-reactive ketones (excluding diaryl/α,β-unsaturated/α-hetero) is 1. The Bertz CT molecular complexity index is 382. The van der Waals surface area contributed by atoms with Crippen molar-refractivity contribution >= 4 is 5.78 Å². The van der Waals surface area contributed by atoms with Crippen LogP contribution in [0.1, 0.15) is 10.4 Å². The highest BCUT2D eigenvalue weighted by atomic mass is 19.1. The summed E-state index contributed by atoms with van der Waals surface area (Å²) in [6.45, 7) is 0. The van der Waals surface area contributed by atoms with Crippen LogP contribution >= 0.6 is 0 Å². The van der Waals surface area contributed by atoms with Gasteiger partial charge in [0.15, 0.2) is 0 Å². The molecule has 0 unspecified atom stereocenters. The van der Waals surface area contributed by atoms with E-state index in [1.54, 1.807) is 0 Å². The molecule has 1 rings (SSSR count). The molecule has 3 nitrogen and oxygen atoms in total. The standard InChI is InChI=1S/C9H6FNO2/c1-13-9-3-2-6(10)4-7(9)8(12)5-11/h2-4H,1H3. The Labute approximate surface area is 74.4 Å². The number of ketones is 1. The Morgan fingerprint density at radius 2 is 2.31 bits per heavy atom. The zero-order valence-electron chi connectivity index (χ0n) is 6.87. The quantitative estimate of drug-likeness (QED) is 0.511. The van der Waals surface area contributed by atoms with Crippen molar-refractivity contribution in [2.45, 2.75) is 0 Å². The first-order valence-electron chi connectivity index (χ1n) is 3.47. The van der Waals surface area contributed by atoms with Gasteiger partial charge in [-0.15, -0.1) is 0 Å². The van der Waals surface area contributed by atoms with Crippen LogP contribution in [0.4, 0.5) is 4.39 Å². The van der Waals surface area contributed by atoms with Crippen molar-refractivity contribution in [2.75, 3.05) is 7.11 Å². The molecule has 0 aliphatic heterocycles. The molecule has 13 heavy (non-hydrogen) atoms. The highest BCUT2D eigenvalue weighted by molar-refractivity contribution is 6.09. The van der Waals surface area contributed by atoms with E-state index < -0.39 is 11.6 Å². The number of halogens is 1. The molecular formula is C9H6FNO2. The predicted molar refractivity (Wildman–Crippen MR) is 42.9 cm³/mol. The number of nitriles is 1. The summed E-state index contributed by atoms with van der Waals surface area (Å²) in [5.41, 5.74) is -0.0509. The van der Waals surface area contributed by atoms with Crippen LogP contribution in [0.15, 0.2) is 18.2 Å². The molecule has 0 heterocycles. The van der Waals surface area contributed by atoms with Crippen LogP contribution in [0.3, 0.4) is 0 Å². The molecule has 0 saturated heterocycles. The topological polar surface area (TPSA) is 50.1 Å². The fourth-order valence-corrected chi connectivity index (χ4v) is 0.918. The summed E-state index contributed by atoms with van der Waals surface area (Å²) in [5, 5.41) is 8.32. The molecule has 1 aromatic rings. The third kappa shape index (κ3) is 1.82. The molecule has 0 aromatic heterocycles. The van der Waals surface area contributed by atoms with Crippen LogP contribution in [0, 0.1) is 17.1 Å². The van der Waals surface area contributed by atoms with Crippen LogP contribution < -0.4 is 4.74 Å². The SMILES string of the molecule is COc1ccc(F)cc1C(=O)C#N. The van der Waals surface area contributed by atoms with Crippen molar-refractivity contribution < 1.29 is 13.9 Å². The van der Waals surface area contributed by atoms with Crippen molar-refractivity contribution in [3.05, 3.63) is 29.6 Å². The maximum Gasteiger partial charge on any atom is 0.266 e. The Balaban J connectivity index is 3.25. The fourth-order valence-electron chi connectivity index (χ4n) is 0.918. The second-order valence-electron chi connectivity index (χ2n) is 2.29. The van der Waals surface area contributed by atoms with E-state index in [9.17, 15) is 9.18 Å². The zero-order chi connectivity index (χ0) is 9.84. The Morgan fingerprint density at radius 1 is 1.62 bits per heavy atom. The zero-order valence-corrected chi connectivity index (χ0v) is 6.87. The summed E-state index contributed by atoms with van der Waals surface area (Å²) in [6, 6.07) is 4.84. The van der Waals surface area contributed by atoms with E-state index in [1.165, 1.54) is 19.2 Å². The van der Waals surface area contributed by atoms with E-state index in [4.69, 9.17) is 10.00 Å². The first kappa shape index (κ1) is 9.20. The van der Waals surface area contributed by atoms with Gasteiger partial charge in [0.1, 0.15) is 17.6 Å². The molecule has 4 heteroatoms. The predicted octanol–water partition coefficient (Wildman–Crippen LogP) is 1.54. The van der Waals surface area contributed by atoms with Crippen molar-refractivity contribution in [2.24, 2.45) is 0 Å². The molecule has 0 atom stereocenters. The van der Waals surface area contributed by atoms with E-state index in [-0.39, 0.29) is 11.3 Å². The van der Waals surface area contributed by atoms with E-state index in [0.717, 1.165) is 12.1 Å². The van der Waals surface area contributed by atoms with Crippen LogP contribution in [0.2, 0.25) is 0 Å². The largest absolute Gasteiger partial charge is 0.496 e. The van der Waals surface area contributed by atoms with Gasteiger partial charge in [0.2, 0.25) is 0 Å². The number of carbonyl (C=O) groups is 1. The van der Waals surface area contributed by atoms with Gasteiger partial charge in [0, 0.05) is 0 Å². The lowest BCUT2D eigenvalue weighted by Gasteiger charge is -2.03. The molecule has 0 aliphatic carbocycles. The summed E-state index contributed by atoms with van der Waals surface area (Å²) in [7, 11) is 1.35. The third-order valence-corrected chi connectivity index (χ3v) is 1.51. The van der Waals surface area contributed by atoms with Crippen LogP contribution in [0.5, 0.6) is 5.75 Å². The second kappa shape index (κ2) is 3.68. The van der Waals surface area contributed by atoms with E-state index in [1.807, 2.05) is 0 Å². The molecule has 0 N–H and O–H groups in total. The van der Waals surface area contributed by atoms with Crippen molar-refractivity contribution in [1.82, 2.24) is 0 Å². The summed E-state index contributed by atoms with van der Waals surface area (Å²) >= 11 is 0. The fraction of sp³-hybridized carbons (Fsp3) is 0.111. The van der Waals surface area contributed by atoms with Gasteiger partial charge >= 0.3 is 0 Å². The van der Waals surface area contributed by atoms with Gasteiger partial charge in [-0.2, -0.15) is 5.26 Å². The number of benzene rings is 1. The summed E-state index contributed by atoms with van der Waals surface area (Å²) in [5.74, 6) is -1.18. The lowest BCUT2D eigenvalue weighted by Crippen LogP contribution is -1.99. The Morgan fingerprint density at radius 3 is 2.85 bits per heavy atom. The number of rotatable bonds is 2. The third-order valence-electron chi connectivity index (χ3n) is 1.51. The highest BCUT2D eigenvalue weighted by Gasteiger charge is 2.11. The minimum Gasteiger partial charge on any atom is -0.496 e. The number of hydrogen-bond acceptors (Lipinski definition) is 3.